The van der Waals surface area contributed by atoms with Gasteiger partial charge in [0.1, 0.15) is 22.6 Å². The van der Waals surface area contributed by atoms with Crippen molar-refractivity contribution in [2.45, 2.75) is 53.4 Å². The number of fused-ring (bicyclic) bond motifs is 14. The van der Waals surface area contributed by atoms with Crippen molar-refractivity contribution in [2.24, 2.45) is 30.0 Å². The van der Waals surface area contributed by atoms with Crippen LogP contribution in [-0.4, -0.2) is 113 Å². The number of aliphatic carboxylic acids is 1. The van der Waals surface area contributed by atoms with E-state index >= 15 is 0 Å². The quantitative estimate of drug-likeness (QED) is 0.0587. The van der Waals surface area contributed by atoms with Gasteiger partial charge in [0, 0.05) is 56.6 Å². The van der Waals surface area contributed by atoms with Crippen molar-refractivity contribution in [2.75, 3.05) is 26.4 Å². The highest BCUT2D eigenvalue weighted by atomic mass is 27.2. The number of carbonyl (C=O) groups excluding carboxylic acids is 5. The summed E-state index contributed by atoms with van der Waals surface area (Å²) in [6.45, 7) is 7.23. The van der Waals surface area contributed by atoms with E-state index in [1.54, 1.807) is 108 Å². The van der Waals surface area contributed by atoms with Crippen molar-refractivity contribution in [3.63, 3.8) is 0 Å². The molecule has 0 spiro atoms. The molecule has 6 bridgehead atoms. The van der Waals surface area contributed by atoms with Gasteiger partial charge in [-0.25, -0.2) is 49.1 Å². The van der Waals surface area contributed by atoms with Crippen molar-refractivity contribution in [1.29, 1.82) is 0 Å². The van der Waals surface area contributed by atoms with E-state index in [4.69, 9.17) is 52.7 Å². The number of carbonyl (C=O) groups is 6. The van der Waals surface area contributed by atoms with Gasteiger partial charge in [-0.1, -0.05) is 0 Å². The number of unbranched alkanes of at least 4 members (excludes halogenated alkanes) is 1. The SMILES string of the molecule is CCOC(=O)c1ccc2c(c1)C1=NC2=Nc2c3cc(C(=O)OCC)ccc3c3[n]2[Al]([O]C(=O)CCCCC(=O)O)[n]2c(c4ccc(C(=O)OCC)cc4c2=NC2=NC(=N3)c3cc(C(=O)OCC)ccc32)=N1. The molecule has 0 atom stereocenters. The van der Waals surface area contributed by atoms with E-state index in [2.05, 4.69) is 0 Å². The van der Waals surface area contributed by atoms with Crippen molar-refractivity contribution >= 4 is 107 Å². The number of ether oxygens (including phenoxy) is 4. The second-order valence-corrected chi connectivity index (χ2v) is 18.3. The molecule has 4 aliphatic heterocycles. The second-order valence-electron chi connectivity index (χ2n) is 16.3. The number of hydrogen-bond acceptors (Lipinski definition) is 17. The number of rotatable bonds is 14. The van der Waals surface area contributed by atoms with Gasteiger partial charge in [0.05, 0.1) is 48.7 Å². The fourth-order valence-electron chi connectivity index (χ4n) is 8.78. The standard InChI is InChI=1S/C44H33N8O8.C6H10O4.Al/c1-5-57-41(53)21-9-13-25-29(17-21)37-45-33(25)50-38-31-19-23(43(55)59-7-3)11-15-27(31)35(47-38)52-40-32-20-24(44(56)60-8-4)12-16-28(32)36(48-40)51-39-30-18-22(42(54)58-6-2)10-14-26(30)34(46-39)49-37;7-5(8)3-1-2-4-6(9)10;/h9-20H,5-8H2,1-4H3,(H-,45,46,47,48,49,50,51,52,53,54,55,56);1-4H2,(H,7,8)(H,9,10);/q-1;;+3/p-2. The van der Waals surface area contributed by atoms with Crippen LogP contribution in [0.3, 0.4) is 0 Å². The van der Waals surface area contributed by atoms with Gasteiger partial charge >= 0.3 is 44.8 Å². The number of aromatic nitrogens is 2. The van der Waals surface area contributed by atoms with Crippen molar-refractivity contribution in [1.82, 2.24) is 7.10 Å². The molecule has 0 saturated heterocycles. The van der Waals surface area contributed by atoms with Crippen LogP contribution in [0, 0.1) is 0 Å². The molecule has 356 valence electrons. The monoisotopic (exact) mass is 972 g/mol. The summed E-state index contributed by atoms with van der Waals surface area (Å²) in [5, 5.41) is 11.0. The average molecular weight is 973 g/mol. The smallest absolute Gasteiger partial charge is 0.582 e. The molecule has 71 heavy (non-hydrogen) atoms. The van der Waals surface area contributed by atoms with E-state index in [1.807, 2.05) is 0 Å². The number of hydrogen-bond donors (Lipinski definition) is 1. The number of carboxylic acids is 1. The van der Waals surface area contributed by atoms with Crippen LogP contribution in [0.4, 0.5) is 11.6 Å². The molecule has 0 amide bonds. The van der Waals surface area contributed by atoms with E-state index in [0.29, 0.717) is 43.8 Å². The maximum absolute atomic E-state index is 14.5. The van der Waals surface area contributed by atoms with Crippen LogP contribution < -0.4 is 11.0 Å². The molecule has 20 nitrogen and oxygen atoms in total. The zero-order chi connectivity index (χ0) is 49.7. The number of carboxylic acid groups (broad SMARTS) is 1. The van der Waals surface area contributed by atoms with Gasteiger partial charge in [-0.3, -0.25) is 9.59 Å². The third-order valence-electron chi connectivity index (χ3n) is 11.9. The van der Waals surface area contributed by atoms with Gasteiger partial charge in [0.25, 0.3) is 5.97 Å². The van der Waals surface area contributed by atoms with Gasteiger partial charge in [0.2, 0.25) is 0 Å². The summed E-state index contributed by atoms with van der Waals surface area (Å²) in [6, 6.07) is 19.5. The highest BCUT2D eigenvalue weighted by Gasteiger charge is 2.46. The van der Waals surface area contributed by atoms with Crippen LogP contribution in [-0.2, 0) is 32.3 Å². The van der Waals surface area contributed by atoms with E-state index < -0.39 is 50.7 Å². The lowest BCUT2D eigenvalue weighted by Crippen LogP contribution is -2.49. The largest absolute Gasteiger partial charge is 0.904 e. The molecule has 2 aromatic heterocycles. The first-order valence-electron chi connectivity index (χ1n) is 22.9. The molecule has 0 fully saturated rings. The van der Waals surface area contributed by atoms with Gasteiger partial charge in [-0.05, 0) is 113 Å². The summed E-state index contributed by atoms with van der Waals surface area (Å²) in [7, 11) is 0. The molecule has 0 saturated carbocycles. The lowest BCUT2D eigenvalue weighted by molar-refractivity contribution is -0.138. The summed E-state index contributed by atoms with van der Waals surface area (Å²) >= 11 is -3.87. The molecule has 0 radical (unpaired) electrons. The molecule has 4 aliphatic rings. The summed E-state index contributed by atoms with van der Waals surface area (Å²) < 4.78 is 31.7. The van der Waals surface area contributed by atoms with Crippen molar-refractivity contribution in [3.8, 4) is 0 Å². The lowest BCUT2D eigenvalue weighted by Gasteiger charge is -2.19. The zero-order valence-corrected chi connectivity index (χ0v) is 39.8. The molecule has 1 N–H and O–H groups in total. The van der Waals surface area contributed by atoms with Gasteiger partial charge in [-0.2, -0.15) is 0 Å². The Morgan fingerprint density at radius 1 is 0.465 bits per heavy atom. The number of nitrogens with zero attached hydrogens (tertiary/aromatic N) is 8. The second kappa shape index (κ2) is 18.8. The molecule has 6 heterocycles. The van der Waals surface area contributed by atoms with Gasteiger partial charge < -0.3 is 34.9 Å². The third kappa shape index (κ3) is 8.27. The zero-order valence-electron chi connectivity index (χ0n) is 38.7. The molecule has 4 aromatic carbocycles. The maximum Gasteiger partial charge on any atom is 0.904 e. The first-order valence-corrected chi connectivity index (χ1v) is 24.4. The Labute approximate surface area is 407 Å². The number of amidine groups is 4. The fraction of sp³-hybridized carbons (Fsp3) is 0.240. The number of esters is 4. The van der Waals surface area contributed by atoms with E-state index in [1.165, 1.54) is 0 Å². The Morgan fingerprint density at radius 3 is 1.42 bits per heavy atom. The van der Waals surface area contributed by atoms with E-state index in [0.717, 1.165) is 0 Å². The van der Waals surface area contributed by atoms with Crippen LogP contribution in [0.15, 0.2) is 103 Å². The summed E-state index contributed by atoms with van der Waals surface area (Å²) in [4.78, 5) is 110. The topological polar surface area (TPSA) is 253 Å². The minimum Gasteiger partial charge on any atom is -0.582 e. The minimum atomic E-state index is -3.87. The summed E-state index contributed by atoms with van der Waals surface area (Å²) in [5.41, 5.74) is 2.92. The predicted octanol–water partition coefficient (Wildman–Crippen LogP) is 5.82. The molecule has 6 aromatic rings. The average Bonchev–Trinajstić information content (AvgIpc) is 4.06. The molecule has 21 heteroatoms. The Hall–Kier alpha value is -8.41. The molecule has 0 aliphatic carbocycles. The fourth-order valence-corrected chi connectivity index (χ4v) is 11.2. The van der Waals surface area contributed by atoms with Crippen molar-refractivity contribution in [3.05, 3.63) is 128 Å². The van der Waals surface area contributed by atoms with Crippen LogP contribution in [0.25, 0.3) is 21.5 Å². The highest BCUT2D eigenvalue weighted by Crippen LogP contribution is 2.42. The Bertz CT molecular complexity index is 3620. The highest BCUT2D eigenvalue weighted by molar-refractivity contribution is 6.53. The van der Waals surface area contributed by atoms with Crippen LogP contribution >= 0.6 is 0 Å². The first-order chi connectivity index (χ1) is 34.4. The summed E-state index contributed by atoms with van der Waals surface area (Å²) in [5.74, 6) is -3.20. The normalized spacial score (nSPS) is 13.6. The van der Waals surface area contributed by atoms with Crippen LogP contribution in [0.2, 0.25) is 0 Å². The Balaban J connectivity index is 1.38. The van der Waals surface area contributed by atoms with E-state index in [-0.39, 0.29) is 120 Å². The molecule has 0 unspecified atom stereocenters. The molecular weight excluding hydrogens is 932 g/mol. The van der Waals surface area contributed by atoms with Gasteiger partial charge in [-0.15, -0.1) is 0 Å². The predicted molar refractivity (Wildman–Crippen MR) is 257 cm³/mol. The Kier molecular flexibility index (Phi) is 12.3. The number of aliphatic imine (C=N–C) groups is 4. The Morgan fingerprint density at radius 2 is 0.887 bits per heavy atom. The third-order valence-corrected chi connectivity index (χ3v) is 14.3. The van der Waals surface area contributed by atoms with Gasteiger partial charge in [0.15, 0.2) is 23.3 Å². The maximum atomic E-state index is 14.5. The first kappa shape index (κ1) is 46.3. The number of benzene rings is 4. The van der Waals surface area contributed by atoms with Crippen LogP contribution in [0.5, 0.6) is 0 Å². The lowest BCUT2D eigenvalue weighted by atomic mass is 10.0. The van der Waals surface area contributed by atoms with E-state index in [9.17, 15) is 33.9 Å². The molecule has 10 rings (SSSR count). The minimum absolute atomic E-state index is 0.0938. The summed E-state index contributed by atoms with van der Waals surface area (Å²) in [6.07, 6.45) is 0.0418. The van der Waals surface area contributed by atoms with Crippen LogP contribution in [0.1, 0.15) is 117 Å². The molecular formula is C50H41AlN8O12. The van der Waals surface area contributed by atoms with Crippen molar-refractivity contribution < 1.29 is 56.6 Å².